The molecule has 2 rings (SSSR count). The third-order valence-electron chi connectivity index (χ3n) is 3.33. The fraction of sp³-hybridized carbons (Fsp3) is 0.357. The molecule has 5 nitrogen and oxygen atoms in total. The van der Waals surface area contributed by atoms with Crippen LogP contribution in [0.5, 0.6) is 0 Å². The lowest BCUT2D eigenvalue weighted by atomic mass is 10.1. The van der Waals surface area contributed by atoms with Gasteiger partial charge in [0.1, 0.15) is 5.82 Å². The molecule has 1 aliphatic rings. The first kappa shape index (κ1) is 14.0. The number of halogens is 1. The molecule has 0 radical (unpaired) electrons. The zero-order chi connectivity index (χ0) is 14.7. The zero-order valence-electron chi connectivity index (χ0n) is 11.1. The van der Waals surface area contributed by atoms with Crippen molar-refractivity contribution >= 4 is 11.8 Å². The molecule has 0 aliphatic carbocycles. The molecule has 0 bridgehead atoms. The Morgan fingerprint density at radius 3 is 2.55 bits per heavy atom. The minimum atomic E-state index is -0.605. The number of hydrogen-bond acceptors (Lipinski definition) is 3. The van der Waals surface area contributed by atoms with E-state index in [0.29, 0.717) is 30.8 Å². The van der Waals surface area contributed by atoms with E-state index in [1.807, 2.05) is 6.07 Å². The number of carbonyl (C=O) groups excluding carboxylic acids is 2. The van der Waals surface area contributed by atoms with E-state index in [2.05, 4.69) is 0 Å². The molecule has 2 amide bonds. The summed E-state index contributed by atoms with van der Waals surface area (Å²) in [6, 6.07) is 5.76. The summed E-state index contributed by atoms with van der Waals surface area (Å²) in [6.07, 6.45) is 0. The predicted molar refractivity (Wildman–Crippen MR) is 68.8 cm³/mol. The summed E-state index contributed by atoms with van der Waals surface area (Å²) in [5.74, 6) is -1.62. The lowest BCUT2D eigenvalue weighted by Gasteiger charge is -2.33. The van der Waals surface area contributed by atoms with Crippen LogP contribution in [0.1, 0.15) is 18.1 Å². The highest BCUT2D eigenvalue weighted by molar-refractivity contribution is 6.35. The number of nitrogens with zero attached hydrogens (tertiary/aromatic N) is 3. The molecule has 20 heavy (non-hydrogen) atoms. The van der Waals surface area contributed by atoms with Crippen LogP contribution >= 0.6 is 0 Å². The van der Waals surface area contributed by atoms with E-state index >= 15 is 0 Å². The maximum Gasteiger partial charge on any atom is 0.312 e. The minimum Gasteiger partial charge on any atom is -0.333 e. The number of nitriles is 1. The van der Waals surface area contributed by atoms with Crippen molar-refractivity contribution in [3.8, 4) is 6.07 Å². The van der Waals surface area contributed by atoms with Gasteiger partial charge in [0.2, 0.25) is 0 Å². The molecule has 1 aliphatic heterocycles. The van der Waals surface area contributed by atoms with Crippen molar-refractivity contribution in [2.75, 3.05) is 19.6 Å². The molecule has 104 valence electrons. The Kier molecular flexibility index (Phi) is 3.99. The normalized spacial score (nSPS) is 15.4. The van der Waals surface area contributed by atoms with Crippen LogP contribution in [0.3, 0.4) is 0 Å². The quantitative estimate of drug-likeness (QED) is 0.769. The van der Waals surface area contributed by atoms with Gasteiger partial charge >= 0.3 is 11.8 Å². The number of amides is 2. The summed E-state index contributed by atoms with van der Waals surface area (Å²) in [6.45, 7) is 3.21. The fourth-order valence-electron chi connectivity index (χ4n) is 2.18. The van der Waals surface area contributed by atoms with Gasteiger partial charge in [-0.25, -0.2) is 4.39 Å². The van der Waals surface area contributed by atoms with Crippen molar-refractivity contribution in [1.29, 1.82) is 5.26 Å². The first-order valence-electron chi connectivity index (χ1n) is 6.33. The highest BCUT2D eigenvalue weighted by atomic mass is 19.1. The number of hydrogen-bond donors (Lipinski definition) is 0. The number of carbonyl (C=O) groups is 2. The summed E-state index contributed by atoms with van der Waals surface area (Å²) < 4.78 is 13.2. The van der Waals surface area contributed by atoms with Gasteiger partial charge in [0.15, 0.2) is 0 Å². The summed E-state index contributed by atoms with van der Waals surface area (Å²) in [7, 11) is 0. The number of benzene rings is 1. The maximum atomic E-state index is 13.2. The lowest BCUT2D eigenvalue weighted by molar-refractivity contribution is -0.156. The Balaban J connectivity index is 2.19. The average molecular weight is 275 g/mol. The molecule has 1 heterocycles. The minimum absolute atomic E-state index is 0.0722. The van der Waals surface area contributed by atoms with Crippen LogP contribution in [0, 0.1) is 17.1 Å². The largest absolute Gasteiger partial charge is 0.333 e. The molecule has 0 aromatic heterocycles. The number of rotatable bonds is 3. The molecule has 1 saturated heterocycles. The van der Waals surface area contributed by atoms with Crippen molar-refractivity contribution in [3.05, 3.63) is 35.1 Å². The average Bonchev–Trinajstić information content (AvgIpc) is 2.44. The van der Waals surface area contributed by atoms with Crippen LogP contribution in [0.25, 0.3) is 0 Å². The molecule has 1 aromatic carbocycles. The zero-order valence-corrected chi connectivity index (χ0v) is 11.1. The number of likely N-dealkylation sites (N-methyl/N-ethyl adjacent to an activating group) is 1. The van der Waals surface area contributed by atoms with Gasteiger partial charge in [-0.05, 0) is 30.7 Å². The van der Waals surface area contributed by atoms with Crippen molar-refractivity contribution in [2.45, 2.75) is 13.5 Å². The van der Waals surface area contributed by atoms with Gasteiger partial charge in [-0.3, -0.25) is 9.59 Å². The Hall–Kier alpha value is -2.42. The molecular weight excluding hydrogens is 261 g/mol. The number of piperazine rings is 1. The lowest BCUT2D eigenvalue weighted by Crippen LogP contribution is -2.53. The molecule has 6 heteroatoms. The van der Waals surface area contributed by atoms with Crippen LogP contribution in [0.4, 0.5) is 4.39 Å². The summed E-state index contributed by atoms with van der Waals surface area (Å²) in [4.78, 5) is 26.5. The Bertz CT molecular complexity index is 595. The van der Waals surface area contributed by atoms with E-state index in [4.69, 9.17) is 5.26 Å². The van der Waals surface area contributed by atoms with Crippen LogP contribution in [0.15, 0.2) is 18.2 Å². The second-order valence-corrected chi connectivity index (χ2v) is 4.52. The Morgan fingerprint density at radius 2 is 1.90 bits per heavy atom. The summed E-state index contributed by atoms with van der Waals surface area (Å²) in [5, 5.41) is 8.99. The van der Waals surface area contributed by atoms with Crippen LogP contribution < -0.4 is 0 Å². The highest BCUT2D eigenvalue weighted by Gasteiger charge is 2.31. The SMILES string of the molecule is CCN1CCN(Cc2cc(F)ccc2C#N)C(=O)C1=O. The molecule has 0 saturated carbocycles. The second kappa shape index (κ2) is 5.70. The van der Waals surface area contributed by atoms with E-state index < -0.39 is 17.6 Å². The molecule has 0 atom stereocenters. The monoisotopic (exact) mass is 275 g/mol. The van der Waals surface area contributed by atoms with Gasteiger partial charge in [0, 0.05) is 26.2 Å². The Labute approximate surface area is 116 Å². The van der Waals surface area contributed by atoms with E-state index in [1.54, 1.807) is 6.92 Å². The van der Waals surface area contributed by atoms with E-state index in [9.17, 15) is 14.0 Å². The topological polar surface area (TPSA) is 64.4 Å². The van der Waals surface area contributed by atoms with Gasteiger partial charge in [-0.1, -0.05) is 0 Å². The molecule has 0 spiro atoms. The van der Waals surface area contributed by atoms with Gasteiger partial charge in [-0.2, -0.15) is 5.26 Å². The van der Waals surface area contributed by atoms with Crippen molar-refractivity contribution in [2.24, 2.45) is 0 Å². The highest BCUT2D eigenvalue weighted by Crippen LogP contribution is 2.15. The van der Waals surface area contributed by atoms with E-state index in [0.717, 1.165) is 0 Å². The van der Waals surface area contributed by atoms with E-state index in [1.165, 1.54) is 28.0 Å². The van der Waals surface area contributed by atoms with Crippen molar-refractivity contribution < 1.29 is 14.0 Å². The molecule has 0 unspecified atom stereocenters. The van der Waals surface area contributed by atoms with Crippen LogP contribution in [-0.2, 0) is 16.1 Å². The summed E-state index contributed by atoms with van der Waals surface area (Å²) >= 11 is 0. The smallest absolute Gasteiger partial charge is 0.312 e. The van der Waals surface area contributed by atoms with Gasteiger partial charge in [-0.15, -0.1) is 0 Å². The Morgan fingerprint density at radius 1 is 1.25 bits per heavy atom. The fourth-order valence-corrected chi connectivity index (χ4v) is 2.18. The standard InChI is InChI=1S/C14H14FN3O2/c1-2-17-5-6-18(14(20)13(17)19)9-11-7-12(15)4-3-10(11)8-16/h3-4,7H,2,5-6,9H2,1H3. The third-order valence-corrected chi connectivity index (χ3v) is 3.33. The molecule has 1 fully saturated rings. The van der Waals surface area contributed by atoms with Crippen molar-refractivity contribution in [1.82, 2.24) is 9.80 Å². The van der Waals surface area contributed by atoms with Gasteiger partial charge in [0.05, 0.1) is 11.6 Å². The van der Waals surface area contributed by atoms with Gasteiger partial charge < -0.3 is 9.80 Å². The third kappa shape index (κ3) is 2.62. The first-order chi connectivity index (χ1) is 9.56. The second-order valence-electron chi connectivity index (χ2n) is 4.52. The van der Waals surface area contributed by atoms with E-state index in [-0.39, 0.29) is 6.54 Å². The van der Waals surface area contributed by atoms with Gasteiger partial charge in [0.25, 0.3) is 0 Å². The van der Waals surface area contributed by atoms with Crippen LogP contribution in [0.2, 0.25) is 0 Å². The summed E-state index contributed by atoms with van der Waals surface area (Å²) in [5.41, 5.74) is 0.725. The maximum absolute atomic E-state index is 13.2. The first-order valence-corrected chi connectivity index (χ1v) is 6.33. The molecular formula is C14H14FN3O2. The van der Waals surface area contributed by atoms with Crippen LogP contribution in [-0.4, -0.2) is 41.2 Å². The van der Waals surface area contributed by atoms with Crippen molar-refractivity contribution in [3.63, 3.8) is 0 Å². The predicted octanol–water partition coefficient (Wildman–Crippen LogP) is 0.888. The molecule has 0 N–H and O–H groups in total. The molecule has 1 aromatic rings.